The van der Waals surface area contributed by atoms with Crippen molar-refractivity contribution in [1.82, 2.24) is 5.01 Å². The lowest BCUT2D eigenvalue weighted by molar-refractivity contribution is -1.02. The SMILES string of the molecule is CC[N+](CC)(OP(=O)([O-])CC)C(=O)N(CCCl)N=O. The number of hydroxylamine groups is 3. The Balaban J connectivity index is 5.32. The van der Waals surface area contributed by atoms with Crippen LogP contribution in [-0.4, -0.2) is 47.4 Å². The maximum absolute atomic E-state index is 12.2. The fourth-order valence-electron chi connectivity index (χ4n) is 1.40. The number of amides is 2. The number of quaternary nitrogens is 1. The Morgan fingerprint density at radius 2 is 1.95 bits per heavy atom. The third-order valence-corrected chi connectivity index (χ3v) is 4.16. The summed E-state index contributed by atoms with van der Waals surface area (Å²) in [6.45, 7) is 4.57. The Morgan fingerprint density at radius 1 is 1.42 bits per heavy atom. The molecule has 2 amide bonds. The predicted octanol–water partition coefficient (Wildman–Crippen LogP) is 1.69. The summed E-state index contributed by atoms with van der Waals surface area (Å²) in [5, 5.41) is 3.14. The molecule has 19 heavy (non-hydrogen) atoms. The van der Waals surface area contributed by atoms with Crippen LogP contribution in [0.3, 0.4) is 0 Å². The molecular weight excluding hydrogens is 297 g/mol. The summed E-state index contributed by atoms with van der Waals surface area (Å²) in [5.74, 6) is 0.00766. The summed E-state index contributed by atoms with van der Waals surface area (Å²) >= 11 is 5.46. The topological polar surface area (TPSA) is 99.1 Å². The summed E-state index contributed by atoms with van der Waals surface area (Å²) in [6.07, 6.45) is -0.246. The number of carbonyl (C=O) groups is 1. The second kappa shape index (κ2) is 7.91. The molecule has 0 spiro atoms. The summed E-state index contributed by atoms with van der Waals surface area (Å²) in [7, 11) is -4.15. The lowest BCUT2D eigenvalue weighted by Crippen LogP contribution is -2.57. The molecule has 0 aliphatic rings. The minimum atomic E-state index is -4.15. The zero-order valence-electron chi connectivity index (χ0n) is 11.2. The molecule has 112 valence electrons. The minimum Gasteiger partial charge on any atom is -0.774 e. The fraction of sp³-hybridized carbons (Fsp3) is 0.889. The van der Waals surface area contributed by atoms with Crippen molar-refractivity contribution >= 4 is 25.2 Å². The first kappa shape index (κ1) is 18.5. The molecule has 0 aliphatic carbocycles. The van der Waals surface area contributed by atoms with Crippen molar-refractivity contribution in [3.05, 3.63) is 4.91 Å². The number of alkyl halides is 1. The molecule has 0 saturated heterocycles. The van der Waals surface area contributed by atoms with Crippen molar-refractivity contribution < 1.29 is 23.5 Å². The number of urea groups is 1. The van der Waals surface area contributed by atoms with Crippen molar-refractivity contribution in [3.63, 3.8) is 0 Å². The van der Waals surface area contributed by atoms with E-state index < -0.39 is 18.3 Å². The molecule has 8 nitrogen and oxygen atoms in total. The van der Waals surface area contributed by atoms with Crippen LogP contribution < -0.4 is 4.89 Å². The van der Waals surface area contributed by atoms with E-state index in [4.69, 9.17) is 16.2 Å². The first-order valence-electron chi connectivity index (χ1n) is 5.92. The Bertz CT molecular complexity index is 364. The van der Waals surface area contributed by atoms with Gasteiger partial charge in [0.15, 0.2) is 7.60 Å². The average molecular weight is 316 g/mol. The van der Waals surface area contributed by atoms with Crippen LogP contribution in [-0.2, 0) is 9.19 Å². The number of hydrogen-bond acceptors (Lipinski definition) is 6. The smallest absolute Gasteiger partial charge is 0.474 e. The highest BCUT2D eigenvalue weighted by atomic mass is 35.5. The molecule has 0 saturated carbocycles. The van der Waals surface area contributed by atoms with Gasteiger partial charge in [-0.2, -0.15) is 4.62 Å². The van der Waals surface area contributed by atoms with Crippen molar-refractivity contribution in [2.75, 3.05) is 31.7 Å². The Morgan fingerprint density at radius 3 is 2.26 bits per heavy atom. The number of hydrogen-bond donors (Lipinski definition) is 0. The number of nitroso groups, excluding NO2 is 1. The van der Waals surface area contributed by atoms with E-state index in [0.717, 1.165) is 0 Å². The van der Waals surface area contributed by atoms with Gasteiger partial charge >= 0.3 is 6.03 Å². The summed E-state index contributed by atoms with van der Waals surface area (Å²) in [4.78, 5) is 34.4. The van der Waals surface area contributed by atoms with Gasteiger partial charge < -0.3 is 9.46 Å². The summed E-state index contributed by atoms with van der Waals surface area (Å²) in [6, 6.07) is -0.842. The van der Waals surface area contributed by atoms with Crippen LogP contribution in [0.15, 0.2) is 5.29 Å². The highest BCUT2D eigenvalue weighted by Crippen LogP contribution is 2.40. The molecule has 1 atom stereocenters. The molecule has 10 heteroatoms. The van der Waals surface area contributed by atoms with Gasteiger partial charge in [0.1, 0.15) is 13.1 Å². The number of nitrogens with zero attached hydrogens (tertiary/aromatic N) is 3. The minimum absolute atomic E-state index is 0.00766. The van der Waals surface area contributed by atoms with Gasteiger partial charge in [0.2, 0.25) is 0 Å². The van der Waals surface area contributed by atoms with Gasteiger partial charge in [0.25, 0.3) is 0 Å². The average Bonchev–Trinajstić information content (AvgIpc) is 2.41. The third-order valence-electron chi connectivity index (χ3n) is 2.65. The normalized spacial score (nSPS) is 14.8. The molecule has 0 fully saturated rings. The molecule has 0 aromatic rings. The third kappa shape index (κ3) is 4.81. The van der Waals surface area contributed by atoms with E-state index in [1.165, 1.54) is 6.92 Å². The molecule has 0 aliphatic heterocycles. The van der Waals surface area contributed by atoms with Gasteiger partial charge in [-0.3, -0.25) is 0 Å². The van der Waals surface area contributed by atoms with E-state index in [2.05, 4.69) is 5.29 Å². The van der Waals surface area contributed by atoms with Crippen LogP contribution in [0.25, 0.3) is 0 Å². The molecule has 0 bridgehead atoms. The van der Waals surface area contributed by atoms with Crippen molar-refractivity contribution in [3.8, 4) is 0 Å². The molecule has 0 aromatic heterocycles. The molecule has 0 rings (SSSR count). The summed E-state index contributed by atoms with van der Waals surface area (Å²) < 4.78 is 15.7. The first-order chi connectivity index (χ1) is 8.82. The lowest BCUT2D eigenvalue weighted by atomic mass is 10.5. The quantitative estimate of drug-likeness (QED) is 0.223. The number of rotatable bonds is 8. The zero-order valence-corrected chi connectivity index (χ0v) is 12.9. The Hall–Kier alpha value is -0.530. The van der Waals surface area contributed by atoms with Crippen LogP contribution in [0.4, 0.5) is 4.79 Å². The number of halogens is 1. The highest BCUT2D eigenvalue weighted by Gasteiger charge is 2.43. The van der Waals surface area contributed by atoms with E-state index in [1.54, 1.807) is 13.8 Å². The Kier molecular flexibility index (Phi) is 7.69. The van der Waals surface area contributed by atoms with Gasteiger partial charge in [-0.05, 0) is 13.8 Å². The van der Waals surface area contributed by atoms with Crippen LogP contribution in [0, 0.1) is 4.91 Å². The molecule has 0 aromatic carbocycles. The van der Waals surface area contributed by atoms with E-state index in [1.807, 2.05) is 0 Å². The van der Waals surface area contributed by atoms with E-state index in [9.17, 15) is 19.2 Å². The standard InChI is InChI=1S/C9H19ClN3O5P/c1-4-13(5-2,18-19(16,17)6-3)9(14)12(11-15)8-7-10/h4-8H2,1-3H3. The van der Waals surface area contributed by atoms with Gasteiger partial charge in [0, 0.05) is 12.0 Å². The van der Waals surface area contributed by atoms with Crippen LogP contribution in [0.2, 0.25) is 0 Å². The van der Waals surface area contributed by atoms with Gasteiger partial charge in [-0.25, -0.2) is 4.79 Å². The molecule has 0 heterocycles. The molecule has 1 unspecified atom stereocenters. The van der Waals surface area contributed by atoms with Crippen molar-refractivity contribution in [2.45, 2.75) is 20.8 Å². The summed E-state index contributed by atoms with van der Waals surface area (Å²) in [5.41, 5.74) is 0. The van der Waals surface area contributed by atoms with Crippen LogP contribution in [0.5, 0.6) is 0 Å². The highest BCUT2D eigenvalue weighted by molar-refractivity contribution is 7.51. The maximum atomic E-state index is 12.2. The van der Waals surface area contributed by atoms with Gasteiger partial charge in [-0.1, -0.05) is 11.6 Å². The molecule has 0 N–H and O–H groups in total. The first-order valence-corrected chi connectivity index (χ1v) is 8.18. The largest absolute Gasteiger partial charge is 0.774 e. The fourth-order valence-corrected chi connectivity index (χ4v) is 2.45. The van der Waals surface area contributed by atoms with E-state index in [0.29, 0.717) is 5.01 Å². The number of carbonyl (C=O) groups excluding carboxylic acids is 1. The molecular formula is C9H19ClN3O5P. The molecule has 0 radical (unpaired) electrons. The Labute approximate surface area is 117 Å². The van der Waals surface area contributed by atoms with E-state index >= 15 is 0 Å². The van der Waals surface area contributed by atoms with Crippen LogP contribution in [0.1, 0.15) is 20.8 Å². The van der Waals surface area contributed by atoms with Gasteiger partial charge in [-0.15, -0.1) is 21.5 Å². The van der Waals surface area contributed by atoms with Crippen molar-refractivity contribution in [2.24, 2.45) is 5.29 Å². The second-order valence-corrected chi connectivity index (χ2v) is 6.10. The lowest BCUT2D eigenvalue weighted by Gasteiger charge is -2.36. The van der Waals surface area contributed by atoms with E-state index in [-0.39, 0.29) is 31.7 Å². The second-order valence-electron chi connectivity index (χ2n) is 3.71. The zero-order chi connectivity index (χ0) is 15.1. The maximum Gasteiger partial charge on any atom is 0.474 e. The van der Waals surface area contributed by atoms with Crippen LogP contribution >= 0.6 is 19.2 Å². The predicted molar refractivity (Wildman–Crippen MR) is 69.2 cm³/mol. The van der Waals surface area contributed by atoms with Gasteiger partial charge in [0.05, 0.1) is 11.8 Å². The monoisotopic (exact) mass is 315 g/mol. The van der Waals surface area contributed by atoms with Crippen molar-refractivity contribution in [1.29, 1.82) is 0 Å².